The molecule has 10 rings (SSSR count). The number of fused-ring (bicyclic) bond motifs is 7. The van der Waals surface area contributed by atoms with E-state index >= 15 is 0 Å². The van der Waals surface area contributed by atoms with Gasteiger partial charge < -0.3 is 4.57 Å². The minimum atomic E-state index is -0.435. The van der Waals surface area contributed by atoms with Gasteiger partial charge in [-0.05, 0) is 21.9 Å². The predicted octanol–water partition coefficient (Wildman–Crippen LogP) is -23.9. The van der Waals surface area contributed by atoms with Crippen molar-refractivity contribution >= 4 is 430 Å². The SMILES string of the molecule is [B]c1c([B])c([B])c(-c2nc(-c3c([B])c([B])c(-c4c([B])c([B])c([B])c([B])c4[B])c([B])c3[B])nc(-n3c4c([B])c([B])c([B])c([B])c4c4c([B])c([B])c5c6c([B])c([B])c([B])c([B])c6n(-c6c([B])c([B])c([B])c([B])c6[B])c5c43)n2)c([B])c1[B]. The molecule has 79 heavy (non-hydrogen) atoms. The highest BCUT2D eigenvalue weighted by molar-refractivity contribution is 6.75. The minimum absolute atomic E-state index is 0.000535. The van der Waals surface area contributed by atoms with Crippen LogP contribution in [0.4, 0.5) is 0 Å². The Bertz CT molecular complexity index is 4430. The molecule has 0 aliphatic rings. The first-order valence-electron chi connectivity index (χ1n) is 22.8. The topological polar surface area (TPSA) is 48.5 Å². The van der Waals surface area contributed by atoms with E-state index in [-0.39, 0.29) is 236 Å². The number of benzene rings is 7. The van der Waals surface area contributed by atoms with Crippen LogP contribution in [0.5, 0.6) is 0 Å². The van der Waals surface area contributed by atoms with Crippen molar-refractivity contribution in [2.24, 2.45) is 0 Å². The number of hydrogen-bond donors (Lipinski definition) is 0. The van der Waals surface area contributed by atoms with Gasteiger partial charge in [0.05, 0.1) is 11.0 Å². The van der Waals surface area contributed by atoms with Gasteiger partial charge in [0.25, 0.3) is 0 Å². The van der Waals surface area contributed by atoms with Crippen molar-refractivity contribution in [2.45, 2.75) is 0 Å². The molecule has 10 aromatic rings. The van der Waals surface area contributed by atoms with E-state index in [9.17, 15) is 0 Å². The second-order valence-electron chi connectivity index (χ2n) is 18.7. The molecule has 0 saturated carbocycles. The first-order valence-corrected chi connectivity index (χ1v) is 22.8. The van der Waals surface area contributed by atoms with E-state index in [0.29, 0.717) is 0 Å². The molecule has 3 aromatic heterocycles. The number of aromatic nitrogens is 5. The van der Waals surface area contributed by atoms with Crippen molar-refractivity contribution in [2.75, 3.05) is 0 Å². The van der Waals surface area contributed by atoms with Crippen molar-refractivity contribution < 1.29 is 0 Å². The summed E-state index contributed by atoms with van der Waals surface area (Å²) in [6.45, 7) is 0. The Morgan fingerprint density at radius 1 is 0.177 bits per heavy atom. The van der Waals surface area contributed by atoms with Crippen LogP contribution in [-0.2, 0) is 0 Å². The highest BCUT2D eigenvalue weighted by Gasteiger charge is 2.32. The summed E-state index contributed by atoms with van der Waals surface area (Å²) in [6.07, 6.45) is 0. The maximum absolute atomic E-state index is 7.21. The van der Waals surface area contributed by atoms with Crippen molar-refractivity contribution in [1.29, 1.82) is 0 Å². The minimum Gasteiger partial charge on any atom is -0.309 e. The van der Waals surface area contributed by atoms with Crippen LogP contribution in [0.25, 0.3) is 89.2 Å². The van der Waals surface area contributed by atoms with E-state index < -0.39 is 11.8 Å². The third-order valence-electron chi connectivity index (χ3n) is 14.7. The van der Waals surface area contributed by atoms with Gasteiger partial charge in [-0.25, -0.2) is 4.98 Å². The van der Waals surface area contributed by atoms with E-state index in [0.717, 1.165) is 0 Å². The molecule has 0 spiro atoms. The van der Waals surface area contributed by atoms with E-state index in [1.807, 2.05) is 0 Å². The second-order valence-corrected chi connectivity index (χ2v) is 18.7. The van der Waals surface area contributed by atoms with Gasteiger partial charge in [-0.1, -0.05) is 87.4 Å². The molecule has 0 N–H and O–H groups in total. The highest BCUT2D eigenvalue weighted by Crippen LogP contribution is 2.37. The number of nitrogens with zero attached hydrogens (tertiary/aromatic N) is 5. The Labute approximate surface area is 495 Å². The molecular formula is C45B29N5. The lowest BCUT2D eigenvalue weighted by Crippen LogP contribution is -2.57. The molecule has 0 aliphatic heterocycles. The molecule has 292 valence electrons. The Morgan fingerprint density at radius 2 is 0.392 bits per heavy atom. The largest absolute Gasteiger partial charge is 0.309 e. The zero-order valence-corrected chi connectivity index (χ0v) is 41.5. The van der Waals surface area contributed by atoms with Gasteiger partial charge in [-0.3, -0.25) is 4.57 Å². The van der Waals surface area contributed by atoms with Crippen LogP contribution in [-0.4, -0.2) is 252 Å². The lowest BCUT2D eigenvalue weighted by Gasteiger charge is -2.28. The number of hydrogen-bond acceptors (Lipinski definition) is 3. The van der Waals surface area contributed by atoms with Gasteiger partial charge in [0.15, 0.2) is 11.6 Å². The Morgan fingerprint density at radius 3 is 0.747 bits per heavy atom. The van der Waals surface area contributed by atoms with Crippen molar-refractivity contribution in [1.82, 2.24) is 24.1 Å². The third kappa shape index (κ3) is 7.68. The fourth-order valence-corrected chi connectivity index (χ4v) is 10.3. The lowest BCUT2D eigenvalue weighted by atomic mass is 9.56. The number of rotatable bonds is 5. The Balaban J connectivity index is 1.52. The van der Waals surface area contributed by atoms with E-state index in [2.05, 4.69) is 0 Å². The van der Waals surface area contributed by atoms with Crippen molar-refractivity contribution in [3.63, 3.8) is 0 Å². The van der Waals surface area contributed by atoms with Crippen LogP contribution in [0, 0.1) is 0 Å². The summed E-state index contributed by atoms with van der Waals surface area (Å²) >= 11 is 0. The van der Waals surface area contributed by atoms with Crippen molar-refractivity contribution in [3.8, 4) is 45.5 Å². The van der Waals surface area contributed by atoms with E-state index in [1.54, 1.807) is 0 Å². The summed E-state index contributed by atoms with van der Waals surface area (Å²) in [4.78, 5) is 14.8. The zero-order valence-electron chi connectivity index (χ0n) is 41.5. The summed E-state index contributed by atoms with van der Waals surface area (Å²) in [5, 5.41) is 0.152. The van der Waals surface area contributed by atoms with Crippen LogP contribution in [0.2, 0.25) is 0 Å². The molecule has 3 heterocycles. The van der Waals surface area contributed by atoms with Crippen LogP contribution in [0.3, 0.4) is 0 Å². The molecule has 0 amide bonds. The quantitative estimate of drug-likeness (QED) is 0.162. The predicted molar refractivity (Wildman–Crippen MR) is 361 cm³/mol. The van der Waals surface area contributed by atoms with Crippen molar-refractivity contribution in [3.05, 3.63) is 0 Å². The smallest absolute Gasteiger partial charge is 0.238 e. The zero-order chi connectivity index (χ0) is 58.3. The van der Waals surface area contributed by atoms with E-state index in [4.69, 9.17) is 242 Å². The second kappa shape index (κ2) is 19.6. The highest BCUT2D eigenvalue weighted by atomic mass is 15.2. The molecule has 0 bridgehead atoms. The Hall–Kier alpha value is -4.97. The molecule has 7 aromatic carbocycles. The molecular weight excluding hydrogens is 924 g/mol. The summed E-state index contributed by atoms with van der Waals surface area (Å²) < 4.78 is 2.76. The van der Waals surface area contributed by atoms with Gasteiger partial charge in [0, 0.05) is 38.6 Å². The average Bonchev–Trinajstić information content (AvgIpc) is 2.88. The standard InChI is InChI=1S/C45B29N5/c46-9-1(2-11(48)21(58)27(64)22(59)12(2)49)10(47)18(55)7(17(9)54)43-75-44(8-19(56)25(62)28(65)26(63)20(8)57)77-45(76-43)79-39-4(16(53)24(61)31(68)35(39)72)6-14(51)13(50)5-3-15(52)23(60)30(67)34(71)38(3)78(40(5)41(6)79)42-36(73)32(69)29(66)33(70)37(42)74. The average molecular weight is 924 g/mol. The Kier molecular flexibility index (Phi) is 14.2. The molecule has 0 saturated heterocycles. The molecule has 0 atom stereocenters. The third-order valence-corrected chi connectivity index (χ3v) is 14.7. The normalized spacial score (nSPS) is 11.7. The molecule has 0 unspecified atom stereocenters. The van der Waals surface area contributed by atoms with Crippen LogP contribution < -0.4 is 158 Å². The summed E-state index contributed by atoms with van der Waals surface area (Å²) in [5.74, 6) is -1.22. The van der Waals surface area contributed by atoms with Crippen LogP contribution >= 0.6 is 0 Å². The summed E-state index contributed by atoms with van der Waals surface area (Å²) in [7, 11) is 194. The van der Waals surface area contributed by atoms with Gasteiger partial charge in [0.1, 0.15) is 228 Å². The van der Waals surface area contributed by atoms with E-state index in [1.165, 1.54) is 9.13 Å². The van der Waals surface area contributed by atoms with Crippen LogP contribution in [0.15, 0.2) is 0 Å². The van der Waals surface area contributed by atoms with Gasteiger partial charge in [0.2, 0.25) is 5.95 Å². The maximum atomic E-state index is 7.21. The summed E-state index contributed by atoms with van der Waals surface area (Å²) in [6, 6.07) is 0. The first-order chi connectivity index (χ1) is 36.9. The van der Waals surface area contributed by atoms with Gasteiger partial charge >= 0.3 is 0 Å². The molecule has 34 heteroatoms. The van der Waals surface area contributed by atoms with Gasteiger partial charge in [-0.15, -0.1) is 71.0 Å². The fourth-order valence-electron chi connectivity index (χ4n) is 10.3. The summed E-state index contributed by atoms with van der Waals surface area (Å²) in [5.41, 5.74) is -6.47. The first kappa shape index (κ1) is 57.3. The monoisotopic (exact) mass is 929 g/mol. The lowest BCUT2D eigenvalue weighted by molar-refractivity contribution is 0.958. The van der Waals surface area contributed by atoms with Gasteiger partial charge in [-0.2, -0.15) is 9.97 Å². The van der Waals surface area contributed by atoms with Crippen LogP contribution in [0.1, 0.15) is 0 Å². The fraction of sp³-hybridized carbons (Fsp3) is 0. The molecule has 0 aliphatic carbocycles. The molecule has 0 fully saturated rings. The molecule has 58 radical (unpaired) electrons. The molecule has 5 nitrogen and oxygen atoms in total. The maximum Gasteiger partial charge on any atom is 0.238 e.